The van der Waals surface area contributed by atoms with E-state index in [9.17, 15) is 0 Å². The summed E-state index contributed by atoms with van der Waals surface area (Å²) in [5.74, 6) is 0.699. The van der Waals surface area contributed by atoms with Crippen LogP contribution >= 0.6 is 11.6 Å². The molecule has 17 heavy (non-hydrogen) atoms. The normalized spacial score (nSPS) is 19.5. The van der Waals surface area contributed by atoms with Crippen molar-refractivity contribution in [2.45, 2.75) is 18.9 Å². The highest BCUT2D eigenvalue weighted by Crippen LogP contribution is 2.22. The van der Waals surface area contributed by atoms with Crippen molar-refractivity contribution in [1.29, 1.82) is 0 Å². The van der Waals surface area contributed by atoms with Gasteiger partial charge < -0.3 is 15.3 Å². The fourth-order valence-electron chi connectivity index (χ4n) is 2.12. The lowest BCUT2D eigenvalue weighted by atomic mass is 10.2. The molecule has 2 N–H and O–H groups in total. The van der Waals surface area contributed by atoms with Crippen LogP contribution in [0, 0.1) is 0 Å². The summed E-state index contributed by atoms with van der Waals surface area (Å²) >= 11 is 6.07. The van der Waals surface area contributed by atoms with Gasteiger partial charge in [-0.1, -0.05) is 11.6 Å². The van der Waals surface area contributed by atoms with Crippen molar-refractivity contribution in [1.82, 2.24) is 15.3 Å². The SMILES string of the molecule is OCCN(CC1CCCN1)c1ncncc1Cl. The predicted molar refractivity (Wildman–Crippen MR) is 67.4 cm³/mol. The predicted octanol–water partition coefficient (Wildman–Crippen LogP) is 0.681. The van der Waals surface area contributed by atoms with Gasteiger partial charge in [0.15, 0.2) is 5.82 Å². The van der Waals surface area contributed by atoms with Crippen LogP contribution in [0.25, 0.3) is 0 Å². The van der Waals surface area contributed by atoms with Crippen LogP contribution in [0.3, 0.4) is 0 Å². The first kappa shape index (κ1) is 12.5. The summed E-state index contributed by atoms with van der Waals surface area (Å²) in [5, 5.41) is 13.1. The Labute approximate surface area is 106 Å². The largest absolute Gasteiger partial charge is 0.395 e. The smallest absolute Gasteiger partial charge is 0.150 e. The third-order valence-corrected chi connectivity index (χ3v) is 3.19. The quantitative estimate of drug-likeness (QED) is 0.811. The molecule has 2 heterocycles. The van der Waals surface area contributed by atoms with Crippen molar-refractivity contribution < 1.29 is 5.11 Å². The molecule has 0 bridgehead atoms. The minimum absolute atomic E-state index is 0.0903. The zero-order chi connectivity index (χ0) is 12.1. The summed E-state index contributed by atoms with van der Waals surface area (Å²) in [7, 11) is 0. The fourth-order valence-corrected chi connectivity index (χ4v) is 2.35. The first-order valence-corrected chi connectivity index (χ1v) is 6.23. The van der Waals surface area contributed by atoms with Crippen LogP contribution in [0.2, 0.25) is 5.02 Å². The molecule has 6 heteroatoms. The molecular weight excluding hydrogens is 240 g/mol. The number of aromatic nitrogens is 2. The van der Waals surface area contributed by atoms with Gasteiger partial charge in [-0.3, -0.25) is 0 Å². The van der Waals surface area contributed by atoms with E-state index < -0.39 is 0 Å². The van der Waals surface area contributed by atoms with Crippen LogP contribution < -0.4 is 10.2 Å². The number of nitrogens with zero attached hydrogens (tertiary/aromatic N) is 3. The summed E-state index contributed by atoms with van der Waals surface area (Å²) in [6.45, 7) is 2.51. The van der Waals surface area contributed by atoms with Gasteiger partial charge in [0.05, 0.1) is 12.8 Å². The minimum Gasteiger partial charge on any atom is -0.395 e. The second-order valence-corrected chi connectivity index (χ2v) is 4.56. The van der Waals surface area contributed by atoms with Gasteiger partial charge in [0.1, 0.15) is 11.3 Å². The molecule has 1 saturated heterocycles. The fraction of sp³-hybridized carbons (Fsp3) is 0.636. The van der Waals surface area contributed by atoms with Crippen LogP contribution in [-0.2, 0) is 0 Å². The first-order chi connectivity index (χ1) is 8.31. The Hall–Kier alpha value is -0.910. The highest BCUT2D eigenvalue weighted by atomic mass is 35.5. The molecule has 2 rings (SSSR count). The Kier molecular flexibility index (Phi) is 4.53. The van der Waals surface area contributed by atoms with Gasteiger partial charge in [-0.05, 0) is 19.4 Å². The Morgan fingerprint density at radius 1 is 1.59 bits per heavy atom. The second kappa shape index (κ2) is 6.14. The number of aliphatic hydroxyl groups excluding tert-OH is 1. The molecule has 1 aromatic heterocycles. The minimum atomic E-state index is 0.0903. The van der Waals surface area contributed by atoms with Crippen molar-refractivity contribution in [3.05, 3.63) is 17.5 Å². The van der Waals surface area contributed by atoms with E-state index in [0.29, 0.717) is 23.4 Å². The maximum absolute atomic E-state index is 9.11. The topological polar surface area (TPSA) is 61.3 Å². The van der Waals surface area contributed by atoms with Gasteiger partial charge in [0.25, 0.3) is 0 Å². The zero-order valence-electron chi connectivity index (χ0n) is 9.64. The van der Waals surface area contributed by atoms with E-state index in [0.717, 1.165) is 19.5 Å². The Bertz CT molecular complexity index is 357. The highest BCUT2D eigenvalue weighted by Gasteiger charge is 2.20. The van der Waals surface area contributed by atoms with Crippen molar-refractivity contribution in [3.8, 4) is 0 Å². The number of hydrogen-bond donors (Lipinski definition) is 2. The van der Waals surface area contributed by atoms with E-state index in [1.54, 1.807) is 6.20 Å². The molecule has 94 valence electrons. The maximum Gasteiger partial charge on any atom is 0.150 e. The van der Waals surface area contributed by atoms with E-state index in [4.69, 9.17) is 16.7 Å². The second-order valence-electron chi connectivity index (χ2n) is 4.16. The Morgan fingerprint density at radius 3 is 3.12 bits per heavy atom. The van der Waals surface area contributed by atoms with Gasteiger partial charge in [-0.15, -0.1) is 0 Å². The summed E-state index contributed by atoms with van der Waals surface area (Å²) < 4.78 is 0. The third kappa shape index (κ3) is 3.28. The Balaban J connectivity index is 2.08. The number of nitrogens with one attached hydrogen (secondary N) is 1. The number of anilines is 1. The lowest BCUT2D eigenvalue weighted by molar-refractivity contribution is 0.300. The number of aliphatic hydroxyl groups is 1. The van der Waals surface area contributed by atoms with E-state index in [1.807, 2.05) is 4.90 Å². The summed E-state index contributed by atoms with van der Waals surface area (Å²) in [6.07, 6.45) is 5.42. The van der Waals surface area contributed by atoms with Gasteiger partial charge in [0.2, 0.25) is 0 Å². The Morgan fingerprint density at radius 2 is 2.47 bits per heavy atom. The standard InChI is InChI=1S/C11H17ClN4O/c12-10-6-13-8-15-11(10)16(4-5-17)7-9-2-1-3-14-9/h6,8-9,14,17H,1-5,7H2. The average Bonchev–Trinajstić information content (AvgIpc) is 2.82. The van der Waals surface area contributed by atoms with Crippen LogP contribution in [0.5, 0.6) is 0 Å². The van der Waals surface area contributed by atoms with Crippen molar-refractivity contribution in [2.75, 3.05) is 31.1 Å². The summed E-state index contributed by atoms with van der Waals surface area (Å²) in [6, 6.07) is 0.451. The monoisotopic (exact) mass is 256 g/mol. The van der Waals surface area contributed by atoms with E-state index in [1.165, 1.54) is 12.7 Å². The molecule has 1 unspecified atom stereocenters. The lowest BCUT2D eigenvalue weighted by Crippen LogP contribution is -2.39. The van der Waals surface area contributed by atoms with Gasteiger partial charge in [0, 0.05) is 19.1 Å². The molecule has 1 aliphatic rings. The number of halogens is 1. The lowest BCUT2D eigenvalue weighted by Gasteiger charge is -2.26. The molecule has 0 spiro atoms. The molecule has 0 aromatic carbocycles. The average molecular weight is 257 g/mol. The van der Waals surface area contributed by atoms with Crippen LogP contribution in [0.15, 0.2) is 12.5 Å². The first-order valence-electron chi connectivity index (χ1n) is 5.86. The molecule has 0 radical (unpaired) electrons. The van der Waals surface area contributed by atoms with Gasteiger partial charge in [-0.2, -0.15) is 0 Å². The molecule has 1 aromatic rings. The number of rotatable bonds is 5. The van der Waals surface area contributed by atoms with Gasteiger partial charge in [-0.25, -0.2) is 9.97 Å². The zero-order valence-corrected chi connectivity index (χ0v) is 10.4. The molecule has 5 nitrogen and oxygen atoms in total. The summed E-state index contributed by atoms with van der Waals surface area (Å²) in [5.41, 5.74) is 0. The summed E-state index contributed by atoms with van der Waals surface area (Å²) in [4.78, 5) is 10.1. The van der Waals surface area contributed by atoms with Gasteiger partial charge >= 0.3 is 0 Å². The highest BCUT2D eigenvalue weighted by molar-refractivity contribution is 6.32. The molecule has 0 aliphatic carbocycles. The van der Waals surface area contributed by atoms with Crippen LogP contribution in [0.1, 0.15) is 12.8 Å². The molecular formula is C11H17ClN4O. The van der Waals surface area contributed by atoms with E-state index >= 15 is 0 Å². The van der Waals surface area contributed by atoms with Crippen LogP contribution in [0.4, 0.5) is 5.82 Å². The van der Waals surface area contributed by atoms with Crippen molar-refractivity contribution in [3.63, 3.8) is 0 Å². The maximum atomic E-state index is 9.11. The third-order valence-electron chi connectivity index (χ3n) is 2.92. The molecule has 0 amide bonds. The molecule has 1 atom stereocenters. The van der Waals surface area contributed by atoms with E-state index in [-0.39, 0.29) is 6.61 Å². The van der Waals surface area contributed by atoms with Crippen LogP contribution in [-0.4, -0.2) is 47.4 Å². The molecule has 1 fully saturated rings. The van der Waals surface area contributed by atoms with Crippen molar-refractivity contribution in [2.24, 2.45) is 0 Å². The van der Waals surface area contributed by atoms with E-state index in [2.05, 4.69) is 15.3 Å². The molecule has 1 aliphatic heterocycles. The van der Waals surface area contributed by atoms with Crippen molar-refractivity contribution >= 4 is 17.4 Å². The number of hydrogen-bond acceptors (Lipinski definition) is 5. The molecule has 0 saturated carbocycles.